The Morgan fingerprint density at radius 1 is 0.931 bits per heavy atom. The van der Waals surface area contributed by atoms with E-state index < -0.39 is 35.5 Å². The van der Waals surface area contributed by atoms with E-state index in [-0.39, 0.29) is 35.9 Å². The highest BCUT2D eigenvalue weighted by atomic mass is 32.2. The third-order valence-electron chi connectivity index (χ3n) is 10.7. The van der Waals surface area contributed by atoms with Crippen LogP contribution in [-0.2, 0) is 14.4 Å². The number of rotatable bonds is 13. The lowest BCUT2D eigenvalue weighted by Crippen LogP contribution is -2.54. The molecular weight excluding hydrogens is 764 g/mol. The summed E-state index contributed by atoms with van der Waals surface area (Å²) in [6.45, 7) is 1.16. The Morgan fingerprint density at radius 3 is 2.50 bits per heavy atom. The van der Waals surface area contributed by atoms with Crippen molar-refractivity contribution >= 4 is 58.1 Å². The Bertz CT molecular complexity index is 2410. The van der Waals surface area contributed by atoms with Gasteiger partial charge in [-0.1, -0.05) is 31.0 Å². The number of aromatic nitrogens is 4. The van der Waals surface area contributed by atoms with Gasteiger partial charge in [-0.25, -0.2) is 19.0 Å². The number of nitrogen functional groups attached to an aromatic ring is 1. The van der Waals surface area contributed by atoms with Crippen LogP contribution in [0.5, 0.6) is 11.5 Å². The van der Waals surface area contributed by atoms with Gasteiger partial charge in [-0.05, 0) is 86.4 Å². The van der Waals surface area contributed by atoms with E-state index in [0.717, 1.165) is 54.4 Å². The number of nitrogens with zero attached hydrogens (tertiary/aromatic N) is 6. The van der Waals surface area contributed by atoms with Gasteiger partial charge in [0.2, 0.25) is 17.7 Å². The average molecular weight is 805 g/mol. The molecule has 0 bridgehead atoms. The number of fused-ring (bicyclic) bond motifs is 2. The van der Waals surface area contributed by atoms with Gasteiger partial charge in [0.15, 0.2) is 5.65 Å². The molecule has 3 aromatic carbocycles. The number of nitrogens with two attached hydrogens (primary N) is 1. The van der Waals surface area contributed by atoms with E-state index in [1.54, 1.807) is 0 Å². The Hall–Kier alpha value is -6.16. The Balaban J connectivity index is 0.837. The van der Waals surface area contributed by atoms with Gasteiger partial charge in [0, 0.05) is 36.4 Å². The number of imide groups is 2. The zero-order valence-electron chi connectivity index (χ0n) is 31.6. The highest BCUT2D eigenvalue weighted by Gasteiger charge is 2.46. The summed E-state index contributed by atoms with van der Waals surface area (Å²) in [6, 6.07) is 18.2. The number of hydrogen-bond donors (Lipinski definition) is 2. The van der Waals surface area contributed by atoms with Crippen LogP contribution in [-0.4, -0.2) is 84.0 Å². The number of anilines is 1. The fourth-order valence-corrected chi connectivity index (χ4v) is 8.96. The predicted octanol–water partition coefficient (Wildman–Crippen LogP) is 6.31. The summed E-state index contributed by atoms with van der Waals surface area (Å²) in [5.74, 6) is -0.816. The number of carbonyl (C=O) groups is 5. The number of amides is 5. The van der Waals surface area contributed by atoms with Crippen molar-refractivity contribution in [2.45, 2.75) is 74.8 Å². The molecule has 3 aliphatic rings. The number of unbranched alkanes of at least 4 members (excludes halogenated alkanes) is 3. The second-order valence-corrected chi connectivity index (χ2v) is 15.7. The summed E-state index contributed by atoms with van der Waals surface area (Å²) in [4.78, 5) is 75.9. The minimum Gasteiger partial charge on any atom is -0.457 e. The van der Waals surface area contributed by atoms with Crippen molar-refractivity contribution < 1.29 is 33.1 Å². The Kier molecular flexibility index (Phi) is 11.2. The first-order valence-corrected chi connectivity index (χ1v) is 20.4. The average Bonchev–Trinajstić information content (AvgIpc) is 3.73. The molecule has 0 radical (unpaired) electrons. The number of hydrogen-bond acceptors (Lipinski definition) is 11. The minimum atomic E-state index is -1.12. The molecule has 8 rings (SSSR count). The largest absolute Gasteiger partial charge is 0.457 e. The first-order valence-electron chi connectivity index (χ1n) is 19.4. The fraction of sp³-hybridized carbons (Fsp3) is 0.333. The van der Waals surface area contributed by atoms with Crippen molar-refractivity contribution in [1.29, 1.82) is 0 Å². The quantitative estimate of drug-likeness (QED) is 0.0773. The summed E-state index contributed by atoms with van der Waals surface area (Å²) in [6.07, 6.45) is 6.59. The molecule has 0 spiro atoms. The second-order valence-electron chi connectivity index (χ2n) is 14.6. The van der Waals surface area contributed by atoms with Gasteiger partial charge in [0.1, 0.15) is 41.2 Å². The van der Waals surface area contributed by atoms with Gasteiger partial charge < -0.3 is 15.4 Å². The summed E-state index contributed by atoms with van der Waals surface area (Å²) >= 11 is 1.28. The molecule has 2 fully saturated rings. The van der Waals surface area contributed by atoms with E-state index in [9.17, 15) is 28.4 Å². The van der Waals surface area contributed by atoms with Gasteiger partial charge in [-0.15, -0.1) is 11.8 Å². The predicted molar refractivity (Wildman–Crippen MR) is 213 cm³/mol. The number of para-hydroxylation sites is 1. The van der Waals surface area contributed by atoms with E-state index in [4.69, 9.17) is 15.6 Å². The zero-order valence-corrected chi connectivity index (χ0v) is 32.4. The number of thioether (sulfide) groups is 1. The number of piperidine rings is 2. The summed E-state index contributed by atoms with van der Waals surface area (Å²) < 4.78 is 22.5. The van der Waals surface area contributed by atoms with Crippen molar-refractivity contribution in [2.75, 3.05) is 24.6 Å². The minimum absolute atomic E-state index is 0.00258. The molecular formula is C42H41FN8O6S. The van der Waals surface area contributed by atoms with Crippen molar-refractivity contribution in [3.8, 4) is 22.8 Å². The molecule has 2 aromatic heterocycles. The molecule has 2 unspecified atom stereocenters. The van der Waals surface area contributed by atoms with Gasteiger partial charge in [0.05, 0.1) is 22.6 Å². The molecule has 58 heavy (non-hydrogen) atoms. The number of benzene rings is 3. The molecule has 5 amide bonds. The van der Waals surface area contributed by atoms with Crippen LogP contribution in [0.2, 0.25) is 0 Å². The topological polar surface area (TPSA) is 183 Å². The molecule has 0 aliphatic carbocycles. The highest BCUT2D eigenvalue weighted by Crippen LogP contribution is 2.37. The maximum Gasteiger partial charge on any atom is 0.263 e. The monoisotopic (exact) mass is 804 g/mol. The number of ether oxygens (including phenoxy) is 1. The molecule has 2 atom stereocenters. The zero-order chi connectivity index (χ0) is 40.3. The maximum absolute atomic E-state index is 14.6. The van der Waals surface area contributed by atoms with Crippen molar-refractivity contribution in [3.63, 3.8) is 0 Å². The standard InChI is InChI=1S/C42H41FN8O6S/c43-26-21-30-35(42(56)50(41(30)55)31-17-18-33(52)47-40(31)54)32(22-26)58-20-7-2-1-6-12-34(53)49-19-8-9-27(23-49)51-39-36(38(44)45-24-46-39)37(48-51)25-13-15-29(16-14-25)57-28-10-4-3-5-11-28/h3-5,10-11,13-16,21-22,24,27,31H,1-2,6-9,12,17-20,23H2,(H2,44,45,46)(H,47,52,54). The van der Waals surface area contributed by atoms with E-state index in [2.05, 4.69) is 15.3 Å². The molecule has 14 nitrogen and oxygen atoms in total. The van der Waals surface area contributed by atoms with E-state index in [1.165, 1.54) is 24.2 Å². The smallest absolute Gasteiger partial charge is 0.263 e. The van der Waals surface area contributed by atoms with E-state index >= 15 is 0 Å². The van der Waals surface area contributed by atoms with Crippen LogP contribution in [0, 0.1) is 5.82 Å². The van der Waals surface area contributed by atoms with Crippen LogP contribution in [0.4, 0.5) is 10.2 Å². The highest BCUT2D eigenvalue weighted by molar-refractivity contribution is 7.99. The van der Waals surface area contributed by atoms with E-state index in [0.29, 0.717) is 64.9 Å². The molecule has 5 aromatic rings. The van der Waals surface area contributed by atoms with Gasteiger partial charge in [-0.2, -0.15) is 5.10 Å². The van der Waals surface area contributed by atoms with Crippen molar-refractivity contribution in [2.24, 2.45) is 0 Å². The molecule has 298 valence electrons. The van der Waals surface area contributed by atoms with Gasteiger partial charge >= 0.3 is 0 Å². The van der Waals surface area contributed by atoms with Crippen molar-refractivity contribution in [1.82, 2.24) is 34.9 Å². The summed E-state index contributed by atoms with van der Waals surface area (Å²) in [5, 5.41) is 7.84. The van der Waals surface area contributed by atoms with Crippen LogP contribution in [0.3, 0.4) is 0 Å². The molecule has 0 saturated carbocycles. The normalized spacial score (nSPS) is 18.2. The molecule has 2 saturated heterocycles. The lowest BCUT2D eigenvalue weighted by molar-refractivity contribution is -0.136. The lowest BCUT2D eigenvalue weighted by Gasteiger charge is -2.33. The van der Waals surface area contributed by atoms with Crippen molar-refractivity contribution in [3.05, 3.63) is 90.0 Å². The molecule has 16 heteroatoms. The summed E-state index contributed by atoms with van der Waals surface area (Å²) in [7, 11) is 0. The molecule has 5 heterocycles. The van der Waals surface area contributed by atoms with Crippen LogP contribution < -0.4 is 15.8 Å². The SMILES string of the molecule is Nc1ncnc2c1c(-c1ccc(Oc3ccccc3)cc1)nn2C1CCCN(C(=O)CCCCCCSc2cc(F)cc3c2C(=O)N(C2CCC(=O)NC2=O)C3=O)C1. The Morgan fingerprint density at radius 2 is 1.71 bits per heavy atom. The van der Waals surface area contributed by atoms with Crippen LogP contribution in [0.15, 0.2) is 78.0 Å². The fourth-order valence-electron chi connectivity index (χ4n) is 7.85. The first kappa shape index (κ1) is 38.7. The number of nitrogens with one attached hydrogen (secondary N) is 1. The van der Waals surface area contributed by atoms with Gasteiger partial charge in [-0.3, -0.25) is 34.2 Å². The third kappa shape index (κ3) is 7.88. The molecule has 3 aliphatic heterocycles. The summed E-state index contributed by atoms with van der Waals surface area (Å²) in [5.41, 5.74) is 8.53. The Labute approximate surface area is 337 Å². The van der Waals surface area contributed by atoms with Crippen LogP contribution in [0.1, 0.15) is 84.5 Å². The maximum atomic E-state index is 14.6. The number of likely N-dealkylation sites (tertiary alicyclic amines) is 1. The van der Waals surface area contributed by atoms with Crippen LogP contribution >= 0.6 is 11.8 Å². The van der Waals surface area contributed by atoms with Crippen LogP contribution in [0.25, 0.3) is 22.3 Å². The van der Waals surface area contributed by atoms with E-state index in [1.807, 2.05) is 64.2 Å². The number of halogens is 1. The number of carbonyl (C=O) groups excluding carboxylic acids is 5. The lowest BCUT2D eigenvalue weighted by atomic mass is 10.0. The molecule has 3 N–H and O–H groups in total. The third-order valence-corrected chi connectivity index (χ3v) is 11.9. The first-order chi connectivity index (χ1) is 28.2. The van der Waals surface area contributed by atoms with Gasteiger partial charge in [0.25, 0.3) is 11.8 Å². The second kappa shape index (κ2) is 16.7.